The minimum Gasteiger partial charge on any atom is -0.461 e. The molecule has 1 aromatic rings. The number of aromatic nitrogens is 1. The lowest BCUT2D eigenvalue weighted by Crippen LogP contribution is -2.14. The Hall–Kier alpha value is -1.49. The molecule has 0 bridgehead atoms. The molecule has 0 amide bonds. The van der Waals surface area contributed by atoms with Gasteiger partial charge in [0, 0.05) is 18.8 Å². The van der Waals surface area contributed by atoms with Crippen molar-refractivity contribution in [1.82, 2.24) is 4.57 Å². The van der Waals surface area contributed by atoms with Crippen LogP contribution in [-0.4, -0.2) is 29.9 Å². The van der Waals surface area contributed by atoms with E-state index in [1.165, 1.54) is 0 Å². The molecule has 1 aliphatic heterocycles. The van der Waals surface area contributed by atoms with Crippen LogP contribution in [0, 0.1) is 0 Å². The molecule has 2 N–H and O–H groups in total. The maximum absolute atomic E-state index is 12.0. The van der Waals surface area contributed by atoms with Gasteiger partial charge in [-0.1, -0.05) is 0 Å². The third-order valence-corrected chi connectivity index (χ3v) is 3.56. The van der Waals surface area contributed by atoms with Crippen LogP contribution in [0.25, 0.3) is 0 Å². The highest BCUT2D eigenvalue weighted by molar-refractivity contribution is 5.89. The highest BCUT2D eigenvalue weighted by Gasteiger charge is 2.17. The molecule has 0 spiro atoms. The van der Waals surface area contributed by atoms with Gasteiger partial charge in [-0.05, 0) is 45.6 Å². The SMILES string of the molecule is CC(C)n1cc(N)cc1C(=O)OCCCC1CCCO1. The molecule has 20 heavy (non-hydrogen) atoms. The zero-order valence-electron chi connectivity index (χ0n) is 12.3. The summed E-state index contributed by atoms with van der Waals surface area (Å²) in [5.74, 6) is -0.303. The average molecular weight is 280 g/mol. The summed E-state index contributed by atoms with van der Waals surface area (Å²) in [5, 5.41) is 0. The minimum absolute atomic E-state index is 0.182. The quantitative estimate of drug-likeness (QED) is 0.642. The Morgan fingerprint density at radius 3 is 3.05 bits per heavy atom. The van der Waals surface area contributed by atoms with Crippen molar-refractivity contribution in [2.24, 2.45) is 0 Å². The molecule has 2 heterocycles. The number of nitrogens with zero attached hydrogens (tertiary/aromatic N) is 1. The summed E-state index contributed by atoms with van der Waals surface area (Å²) in [6.07, 6.45) is 6.19. The molecule has 0 saturated carbocycles. The van der Waals surface area contributed by atoms with E-state index in [-0.39, 0.29) is 12.0 Å². The number of carbonyl (C=O) groups is 1. The van der Waals surface area contributed by atoms with Crippen molar-refractivity contribution in [3.05, 3.63) is 18.0 Å². The van der Waals surface area contributed by atoms with E-state index >= 15 is 0 Å². The lowest BCUT2D eigenvalue weighted by atomic mass is 10.1. The summed E-state index contributed by atoms with van der Waals surface area (Å²) in [6.45, 7) is 5.31. The third kappa shape index (κ3) is 3.76. The third-order valence-electron chi connectivity index (χ3n) is 3.56. The van der Waals surface area contributed by atoms with Gasteiger partial charge >= 0.3 is 5.97 Å². The van der Waals surface area contributed by atoms with Gasteiger partial charge in [0.2, 0.25) is 0 Å². The molecule has 1 aliphatic rings. The molecule has 1 fully saturated rings. The number of hydrogen-bond donors (Lipinski definition) is 1. The molecule has 2 rings (SSSR count). The van der Waals surface area contributed by atoms with E-state index in [4.69, 9.17) is 15.2 Å². The average Bonchev–Trinajstić information content (AvgIpc) is 3.03. The molecule has 1 unspecified atom stereocenters. The Labute approximate surface area is 120 Å². The topological polar surface area (TPSA) is 66.5 Å². The normalized spacial score (nSPS) is 18.6. The molecule has 1 atom stereocenters. The summed E-state index contributed by atoms with van der Waals surface area (Å²) >= 11 is 0. The van der Waals surface area contributed by atoms with Gasteiger partial charge < -0.3 is 19.8 Å². The van der Waals surface area contributed by atoms with Crippen LogP contribution in [0.4, 0.5) is 5.69 Å². The van der Waals surface area contributed by atoms with Crippen molar-refractivity contribution in [3.8, 4) is 0 Å². The Balaban J connectivity index is 1.79. The van der Waals surface area contributed by atoms with Gasteiger partial charge in [0.1, 0.15) is 5.69 Å². The standard InChI is InChI=1S/C15H24N2O3/c1-11(2)17-10-12(16)9-14(17)15(18)20-8-4-6-13-5-3-7-19-13/h9-11,13H,3-8,16H2,1-2H3. The van der Waals surface area contributed by atoms with E-state index in [2.05, 4.69) is 0 Å². The molecule has 5 heteroatoms. The molecule has 0 aliphatic carbocycles. The van der Waals surface area contributed by atoms with Crippen molar-refractivity contribution < 1.29 is 14.3 Å². The lowest BCUT2D eigenvalue weighted by molar-refractivity contribution is 0.0448. The number of rotatable bonds is 6. The van der Waals surface area contributed by atoms with Gasteiger partial charge in [0.15, 0.2) is 0 Å². The first-order valence-corrected chi connectivity index (χ1v) is 7.34. The zero-order chi connectivity index (χ0) is 14.5. The second-order valence-electron chi connectivity index (χ2n) is 5.57. The fraction of sp³-hybridized carbons (Fsp3) is 0.667. The fourth-order valence-electron chi connectivity index (χ4n) is 2.51. The maximum atomic E-state index is 12.0. The predicted molar refractivity (Wildman–Crippen MR) is 77.7 cm³/mol. The summed E-state index contributed by atoms with van der Waals surface area (Å²) < 4.78 is 12.7. The largest absolute Gasteiger partial charge is 0.461 e. The number of ether oxygens (including phenoxy) is 2. The van der Waals surface area contributed by atoms with Crippen LogP contribution in [0.2, 0.25) is 0 Å². The molecule has 112 valence electrons. The highest BCUT2D eigenvalue weighted by Crippen LogP contribution is 2.19. The van der Waals surface area contributed by atoms with E-state index in [1.807, 2.05) is 18.4 Å². The molecule has 1 saturated heterocycles. The predicted octanol–water partition coefficient (Wildman–Crippen LogP) is 2.77. The van der Waals surface area contributed by atoms with Crippen LogP contribution in [0.1, 0.15) is 56.1 Å². The van der Waals surface area contributed by atoms with Crippen LogP contribution in [0.5, 0.6) is 0 Å². The van der Waals surface area contributed by atoms with Crippen LogP contribution in [0.3, 0.4) is 0 Å². The first-order valence-electron chi connectivity index (χ1n) is 7.34. The second-order valence-corrected chi connectivity index (χ2v) is 5.57. The van der Waals surface area contributed by atoms with Crippen LogP contribution in [-0.2, 0) is 9.47 Å². The number of nitrogens with two attached hydrogens (primary N) is 1. The van der Waals surface area contributed by atoms with E-state index in [0.29, 0.717) is 24.1 Å². The van der Waals surface area contributed by atoms with Crippen molar-refractivity contribution in [1.29, 1.82) is 0 Å². The van der Waals surface area contributed by atoms with E-state index in [0.717, 1.165) is 32.3 Å². The van der Waals surface area contributed by atoms with Crippen molar-refractivity contribution in [2.45, 2.75) is 51.7 Å². The minimum atomic E-state index is -0.303. The molecular weight excluding hydrogens is 256 g/mol. The first kappa shape index (κ1) is 14.9. The van der Waals surface area contributed by atoms with Crippen LogP contribution < -0.4 is 5.73 Å². The fourth-order valence-corrected chi connectivity index (χ4v) is 2.51. The maximum Gasteiger partial charge on any atom is 0.355 e. The monoisotopic (exact) mass is 280 g/mol. The molecule has 0 aromatic carbocycles. The molecular formula is C15H24N2O3. The number of carbonyl (C=O) groups excluding carboxylic acids is 1. The van der Waals surface area contributed by atoms with Gasteiger partial charge in [-0.3, -0.25) is 0 Å². The Kier molecular flexibility index (Phi) is 5.06. The number of nitrogen functional groups attached to an aromatic ring is 1. The smallest absolute Gasteiger partial charge is 0.355 e. The first-order chi connectivity index (χ1) is 9.58. The van der Waals surface area contributed by atoms with Crippen molar-refractivity contribution >= 4 is 11.7 Å². The molecule has 1 aromatic heterocycles. The van der Waals surface area contributed by atoms with E-state index < -0.39 is 0 Å². The number of hydrogen-bond acceptors (Lipinski definition) is 4. The summed E-state index contributed by atoms with van der Waals surface area (Å²) in [4.78, 5) is 12.0. The summed E-state index contributed by atoms with van der Waals surface area (Å²) in [7, 11) is 0. The zero-order valence-corrected chi connectivity index (χ0v) is 12.3. The Morgan fingerprint density at radius 1 is 1.60 bits per heavy atom. The summed E-state index contributed by atoms with van der Waals surface area (Å²) in [5.41, 5.74) is 6.86. The Bertz CT molecular complexity index is 448. The Morgan fingerprint density at radius 2 is 2.40 bits per heavy atom. The van der Waals surface area contributed by atoms with Crippen LogP contribution >= 0.6 is 0 Å². The van der Waals surface area contributed by atoms with Gasteiger partial charge in [-0.15, -0.1) is 0 Å². The second kappa shape index (κ2) is 6.79. The molecule has 0 radical (unpaired) electrons. The van der Waals surface area contributed by atoms with Crippen molar-refractivity contribution in [3.63, 3.8) is 0 Å². The number of anilines is 1. The number of esters is 1. The van der Waals surface area contributed by atoms with Gasteiger partial charge in [0.05, 0.1) is 18.4 Å². The van der Waals surface area contributed by atoms with E-state index in [1.54, 1.807) is 12.3 Å². The van der Waals surface area contributed by atoms with Gasteiger partial charge in [-0.2, -0.15) is 0 Å². The van der Waals surface area contributed by atoms with Crippen molar-refractivity contribution in [2.75, 3.05) is 18.9 Å². The lowest BCUT2D eigenvalue weighted by Gasteiger charge is -2.13. The van der Waals surface area contributed by atoms with E-state index in [9.17, 15) is 4.79 Å². The van der Waals surface area contributed by atoms with Crippen LogP contribution in [0.15, 0.2) is 12.3 Å². The summed E-state index contributed by atoms with van der Waals surface area (Å²) in [6, 6.07) is 1.85. The highest BCUT2D eigenvalue weighted by atomic mass is 16.5. The van der Waals surface area contributed by atoms with Gasteiger partial charge in [0.25, 0.3) is 0 Å². The molecule has 5 nitrogen and oxygen atoms in total. The van der Waals surface area contributed by atoms with Gasteiger partial charge in [-0.25, -0.2) is 4.79 Å².